The monoisotopic (exact) mass is 474 g/mol. The van der Waals surface area contributed by atoms with E-state index in [2.05, 4.69) is 15.3 Å². The van der Waals surface area contributed by atoms with Gasteiger partial charge in [-0.05, 0) is 86.6 Å². The molecule has 8 heteroatoms. The minimum Gasteiger partial charge on any atom is -0.468 e. The zero-order valence-electron chi connectivity index (χ0n) is 19.8. The lowest BCUT2D eigenvalue weighted by atomic mass is 9.80. The normalized spacial score (nSPS) is 18.0. The molecule has 5 rings (SSSR count). The van der Waals surface area contributed by atoms with Gasteiger partial charge >= 0.3 is 5.97 Å². The average molecular weight is 475 g/mol. The lowest BCUT2D eigenvalue weighted by Gasteiger charge is -2.29. The van der Waals surface area contributed by atoms with Crippen molar-refractivity contribution in [3.63, 3.8) is 0 Å². The third kappa shape index (κ3) is 4.48. The van der Waals surface area contributed by atoms with Crippen molar-refractivity contribution in [2.24, 2.45) is 0 Å². The van der Waals surface area contributed by atoms with Crippen LogP contribution < -0.4 is 5.32 Å². The fourth-order valence-corrected chi connectivity index (χ4v) is 5.26. The maximum Gasteiger partial charge on any atom is 0.325 e. The van der Waals surface area contributed by atoms with Gasteiger partial charge < -0.3 is 14.6 Å². The molecule has 1 fully saturated rings. The summed E-state index contributed by atoms with van der Waals surface area (Å²) in [6, 6.07) is 12.1. The summed E-state index contributed by atoms with van der Waals surface area (Å²) in [5.74, 6) is -0.625. The Balaban J connectivity index is 1.32. The van der Waals surface area contributed by atoms with Crippen molar-refractivity contribution in [2.75, 3.05) is 7.11 Å². The molecule has 180 valence electrons. The number of pyridine rings is 2. The summed E-state index contributed by atoms with van der Waals surface area (Å²) in [6.07, 6.45) is 4.98. The van der Waals surface area contributed by atoms with Gasteiger partial charge in [0.15, 0.2) is 5.65 Å². The molecule has 35 heavy (non-hydrogen) atoms. The standard InChI is InChI=1S/C27H27FN4O3/c1-16-25(21-14-19(28)8-12-23(21)32(16)15-24(33)35-2)17-5-9-20(10-6-17)30-27(34)22-11-7-18-4-3-13-29-26(18)31-22/h3-4,7-8,11-14,17,20H,5-6,9-10,15H2,1-2H3,(H,30,34). The Morgan fingerprint density at radius 2 is 1.94 bits per heavy atom. The van der Waals surface area contributed by atoms with Gasteiger partial charge in [-0.1, -0.05) is 0 Å². The number of carbonyl (C=O) groups excluding carboxylic acids is 2. The molecular weight excluding hydrogens is 447 g/mol. The van der Waals surface area contributed by atoms with E-state index in [1.165, 1.54) is 13.2 Å². The van der Waals surface area contributed by atoms with E-state index in [-0.39, 0.29) is 36.2 Å². The van der Waals surface area contributed by atoms with Crippen LogP contribution in [-0.4, -0.2) is 39.6 Å². The van der Waals surface area contributed by atoms with Gasteiger partial charge in [0, 0.05) is 34.2 Å². The molecule has 1 saturated carbocycles. The van der Waals surface area contributed by atoms with Crippen molar-refractivity contribution in [3.8, 4) is 0 Å². The summed E-state index contributed by atoms with van der Waals surface area (Å²) in [6.45, 7) is 2.06. The number of aromatic nitrogens is 3. The Labute approximate surface area is 202 Å². The fourth-order valence-electron chi connectivity index (χ4n) is 5.26. The van der Waals surface area contributed by atoms with Crippen LogP contribution in [-0.2, 0) is 16.1 Å². The van der Waals surface area contributed by atoms with E-state index in [0.29, 0.717) is 11.3 Å². The van der Waals surface area contributed by atoms with Crippen LogP contribution in [0.4, 0.5) is 4.39 Å². The second kappa shape index (κ2) is 9.44. The van der Waals surface area contributed by atoms with E-state index in [1.54, 1.807) is 24.4 Å². The van der Waals surface area contributed by atoms with Crippen molar-refractivity contribution in [1.29, 1.82) is 0 Å². The van der Waals surface area contributed by atoms with Crippen molar-refractivity contribution >= 4 is 33.8 Å². The summed E-state index contributed by atoms with van der Waals surface area (Å²) in [5, 5.41) is 4.85. The summed E-state index contributed by atoms with van der Waals surface area (Å²) < 4.78 is 20.9. The van der Waals surface area contributed by atoms with Crippen LogP contribution in [0.25, 0.3) is 21.9 Å². The second-order valence-electron chi connectivity index (χ2n) is 9.09. The Bertz CT molecular complexity index is 1420. The van der Waals surface area contributed by atoms with Gasteiger partial charge in [0.2, 0.25) is 0 Å². The number of nitrogens with zero attached hydrogens (tertiary/aromatic N) is 3. The van der Waals surface area contributed by atoms with E-state index < -0.39 is 0 Å². The predicted octanol–water partition coefficient (Wildman–Crippen LogP) is 4.66. The van der Waals surface area contributed by atoms with Crippen molar-refractivity contribution in [1.82, 2.24) is 19.9 Å². The number of rotatable bonds is 5. The van der Waals surface area contributed by atoms with Crippen molar-refractivity contribution in [2.45, 2.75) is 51.1 Å². The van der Waals surface area contributed by atoms with Gasteiger partial charge in [-0.15, -0.1) is 0 Å². The van der Waals surface area contributed by atoms with E-state index in [0.717, 1.165) is 53.2 Å². The number of amides is 1. The number of fused-ring (bicyclic) bond motifs is 2. The maximum absolute atomic E-state index is 14.2. The van der Waals surface area contributed by atoms with Gasteiger partial charge in [-0.3, -0.25) is 9.59 Å². The molecule has 1 aliphatic carbocycles. The molecule has 0 atom stereocenters. The van der Waals surface area contributed by atoms with Crippen LogP contribution in [0.2, 0.25) is 0 Å². The van der Waals surface area contributed by atoms with Gasteiger partial charge in [-0.2, -0.15) is 0 Å². The molecule has 0 spiro atoms. The van der Waals surface area contributed by atoms with E-state index in [9.17, 15) is 14.0 Å². The Hall–Kier alpha value is -3.81. The molecule has 0 unspecified atom stereocenters. The minimum absolute atomic E-state index is 0.0421. The molecule has 7 nitrogen and oxygen atoms in total. The van der Waals surface area contributed by atoms with E-state index in [4.69, 9.17) is 4.74 Å². The molecule has 1 N–H and O–H groups in total. The highest BCUT2D eigenvalue weighted by Gasteiger charge is 2.29. The van der Waals surface area contributed by atoms with Crippen LogP contribution in [0.3, 0.4) is 0 Å². The van der Waals surface area contributed by atoms with Gasteiger partial charge in [-0.25, -0.2) is 14.4 Å². The fraction of sp³-hybridized carbons (Fsp3) is 0.333. The van der Waals surface area contributed by atoms with E-state index in [1.807, 2.05) is 29.7 Å². The number of halogens is 1. The highest BCUT2D eigenvalue weighted by molar-refractivity contribution is 5.94. The van der Waals surface area contributed by atoms with Gasteiger partial charge in [0.25, 0.3) is 5.91 Å². The molecule has 1 aromatic carbocycles. The Morgan fingerprint density at radius 3 is 2.71 bits per heavy atom. The molecule has 0 bridgehead atoms. The molecule has 0 aliphatic heterocycles. The quantitative estimate of drug-likeness (QED) is 0.425. The van der Waals surface area contributed by atoms with Crippen LogP contribution in [0.1, 0.15) is 53.3 Å². The largest absolute Gasteiger partial charge is 0.468 e. The third-order valence-corrected chi connectivity index (χ3v) is 7.02. The summed E-state index contributed by atoms with van der Waals surface area (Å²) in [7, 11) is 1.36. The third-order valence-electron chi connectivity index (χ3n) is 7.02. The first-order valence-corrected chi connectivity index (χ1v) is 11.8. The van der Waals surface area contributed by atoms with Crippen LogP contribution in [0.5, 0.6) is 0 Å². The molecule has 1 amide bonds. The lowest BCUT2D eigenvalue weighted by Crippen LogP contribution is -2.37. The summed E-state index contributed by atoms with van der Waals surface area (Å²) in [5.41, 5.74) is 3.77. The first-order chi connectivity index (χ1) is 16.9. The first kappa shape index (κ1) is 23.0. The number of benzene rings is 1. The molecule has 1 aliphatic rings. The topological polar surface area (TPSA) is 86.1 Å². The number of hydrogen-bond acceptors (Lipinski definition) is 5. The van der Waals surface area contributed by atoms with Crippen LogP contribution >= 0.6 is 0 Å². The number of esters is 1. The average Bonchev–Trinajstić information content (AvgIpc) is 3.14. The Kier molecular flexibility index (Phi) is 6.19. The molecule has 0 saturated heterocycles. The lowest BCUT2D eigenvalue weighted by molar-refractivity contribution is -0.141. The molecule has 0 radical (unpaired) electrons. The van der Waals surface area contributed by atoms with Gasteiger partial charge in [0.05, 0.1) is 7.11 Å². The molecule has 3 heterocycles. The van der Waals surface area contributed by atoms with Crippen LogP contribution in [0, 0.1) is 12.7 Å². The number of nitrogens with one attached hydrogen (secondary N) is 1. The Morgan fingerprint density at radius 1 is 1.14 bits per heavy atom. The smallest absolute Gasteiger partial charge is 0.325 e. The van der Waals surface area contributed by atoms with Crippen molar-refractivity contribution in [3.05, 3.63) is 71.4 Å². The summed E-state index contributed by atoms with van der Waals surface area (Å²) >= 11 is 0. The van der Waals surface area contributed by atoms with E-state index >= 15 is 0 Å². The number of hydrogen-bond donors (Lipinski definition) is 1. The minimum atomic E-state index is -0.343. The second-order valence-corrected chi connectivity index (χ2v) is 9.09. The number of carbonyl (C=O) groups is 2. The van der Waals surface area contributed by atoms with Crippen molar-refractivity contribution < 1.29 is 18.7 Å². The van der Waals surface area contributed by atoms with Crippen LogP contribution in [0.15, 0.2) is 48.7 Å². The predicted molar refractivity (Wildman–Crippen MR) is 131 cm³/mol. The highest BCUT2D eigenvalue weighted by Crippen LogP contribution is 2.40. The zero-order chi connectivity index (χ0) is 24.5. The SMILES string of the molecule is COC(=O)Cn1c(C)c(C2CCC(NC(=O)c3ccc4cccnc4n3)CC2)c2cc(F)ccc21. The van der Waals surface area contributed by atoms with Gasteiger partial charge in [0.1, 0.15) is 18.1 Å². The first-order valence-electron chi connectivity index (χ1n) is 11.8. The molecule has 4 aromatic rings. The zero-order valence-corrected chi connectivity index (χ0v) is 19.8. The highest BCUT2D eigenvalue weighted by atomic mass is 19.1. The molecular formula is C27H27FN4O3. The number of ether oxygens (including phenoxy) is 1. The summed E-state index contributed by atoms with van der Waals surface area (Å²) in [4.78, 5) is 33.4. The molecule has 3 aromatic heterocycles. The number of methoxy groups -OCH3 is 1. The maximum atomic E-state index is 14.2.